The molecule has 3 aromatic heterocycles. The lowest BCUT2D eigenvalue weighted by atomic mass is 10.1. The van der Waals surface area contributed by atoms with Crippen LogP contribution in [0.3, 0.4) is 0 Å². The van der Waals surface area contributed by atoms with Gasteiger partial charge in [-0.15, -0.1) is 0 Å². The summed E-state index contributed by atoms with van der Waals surface area (Å²) < 4.78 is 2.26. The molecule has 112 valence electrons. The summed E-state index contributed by atoms with van der Waals surface area (Å²) in [5, 5.41) is 4.85. The van der Waals surface area contributed by atoms with Crippen LogP contribution in [0.1, 0.15) is 0 Å². The molecule has 0 atom stereocenters. The highest BCUT2D eigenvalue weighted by Gasteiger charge is 2.16. The molecule has 0 bridgehead atoms. The second kappa shape index (κ2) is 4.15. The van der Waals surface area contributed by atoms with Crippen LogP contribution in [-0.2, 0) is 0 Å². The Morgan fingerprint density at radius 3 is 2.21 bits per heavy atom. The lowest BCUT2D eigenvalue weighted by Crippen LogP contribution is -1.91. The van der Waals surface area contributed by atoms with Gasteiger partial charge in [-0.25, -0.2) is 4.98 Å². The van der Waals surface area contributed by atoms with E-state index in [0.29, 0.717) is 0 Å². The van der Waals surface area contributed by atoms with Crippen molar-refractivity contribution in [2.75, 3.05) is 0 Å². The predicted molar refractivity (Wildman–Crippen MR) is 99.6 cm³/mol. The molecule has 3 heterocycles. The van der Waals surface area contributed by atoms with E-state index in [4.69, 9.17) is 4.98 Å². The second-order valence-electron chi connectivity index (χ2n) is 6.20. The van der Waals surface area contributed by atoms with Crippen LogP contribution in [0.25, 0.3) is 49.4 Å². The molecule has 0 aliphatic carbocycles. The molecule has 0 radical (unpaired) electrons. The van der Waals surface area contributed by atoms with E-state index in [1.165, 1.54) is 27.1 Å². The number of H-pyrrole nitrogens is 1. The van der Waals surface area contributed by atoms with Crippen molar-refractivity contribution in [1.82, 2.24) is 14.4 Å². The van der Waals surface area contributed by atoms with E-state index in [0.717, 1.165) is 22.3 Å². The summed E-state index contributed by atoms with van der Waals surface area (Å²) in [5.74, 6) is 0. The lowest BCUT2D eigenvalue weighted by Gasteiger charge is -2.08. The molecule has 24 heavy (non-hydrogen) atoms. The van der Waals surface area contributed by atoms with Crippen molar-refractivity contribution in [1.29, 1.82) is 0 Å². The van der Waals surface area contributed by atoms with Gasteiger partial charge in [0.1, 0.15) is 16.8 Å². The molecular formula is C21H13N3. The van der Waals surface area contributed by atoms with Crippen LogP contribution >= 0.6 is 0 Å². The first-order chi connectivity index (χ1) is 11.9. The zero-order chi connectivity index (χ0) is 15.7. The number of imidazole rings is 1. The number of nitrogens with one attached hydrogen (secondary N) is 1. The third kappa shape index (κ3) is 1.35. The van der Waals surface area contributed by atoms with Crippen molar-refractivity contribution in [3.8, 4) is 0 Å². The molecule has 3 nitrogen and oxygen atoms in total. The zero-order valence-corrected chi connectivity index (χ0v) is 12.8. The van der Waals surface area contributed by atoms with E-state index in [9.17, 15) is 0 Å². The van der Waals surface area contributed by atoms with Gasteiger partial charge in [0.15, 0.2) is 0 Å². The maximum Gasteiger partial charge on any atom is 0.147 e. The third-order valence-electron chi connectivity index (χ3n) is 4.92. The fraction of sp³-hybridized carbons (Fsp3) is 0. The number of rotatable bonds is 0. The van der Waals surface area contributed by atoms with E-state index in [1.807, 2.05) is 0 Å². The normalized spacial score (nSPS) is 12.2. The number of hydrogen-bond donors (Lipinski definition) is 1. The maximum absolute atomic E-state index is 5.01. The Balaban J connectivity index is 2.02. The van der Waals surface area contributed by atoms with Crippen molar-refractivity contribution in [2.45, 2.75) is 0 Å². The molecule has 6 rings (SSSR count). The van der Waals surface area contributed by atoms with E-state index >= 15 is 0 Å². The molecule has 0 aliphatic heterocycles. The predicted octanol–water partition coefficient (Wildman–Crippen LogP) is 5.28. The Morgan fingerprint density at radius 1 is 0.667 bits per heavy atom. The van der Waals surface area contributed by atoms with Gasteiger partial charge in [0, 0.05) is 21.7 Å². The van der Waals surface area contributed by atoms with Gasteiger partial charge in [0.05, 0.1) is 5.52 Å². The summed E-state index contributed by atoms with van der Waals surface area (Å²) >= 11 is 0. The highest BCUT2D eigenvalue weighted by Crippen LogP contribution is 2.34. The largest absolute Gasteiger partial charge is 0.339 e. The van der Waals surface area contributed by atoms with Gasteiger partial charge in [0.25, 0.3) is 0 Å². The van der Waals surface area contributed by atoms with Crippen LogP contribution in [-0.4, -0.2) is 14.4 Å². The Hall–Kier alpha value is -3.33. The number of fused-ring (bicyclic) bond motifs is 10. The molecular weight excluding hydrogens is 294 g/mol. The smallest absolute Gasteiger partial charge is 0.147 e. The van der Waals surface area contributed by atoms with Gasteiger partial charge in [-0.05, 0) is 17.5 Å². The molecule has 0 fully saturated rings. The van der Waals surface area contributed by atoms with E-state index in [1.54, 1.807) is 0 Å². The third-order valence-corrected chi connectivity index (χ3v) is 4.92. The number of para-hydroxylation sites is 2. The van der Waals surface area contributed by atoms with E-state index in [2.05, 4.69) is 82.2 Å². The number of nitrogens with zero attached hydrogens (tertiary/aromatic N) is 2. The van der Waals surface area contributed by atoms with Gasteiger partial charge in [-0.2, -0.15) is 0 Å². The monoisotopic (exact) mass is 307 g/mol. The zero-order valence-electron chi connectivity index (χ0n) is 12.8. The van der Waals surface area contributed by atoms with Crippen LogP contribution in [0.15, 0.2) is 72.8 Å². The van der Waals surface area contributed by atoms with Gasteiger partial charge >= 0.3 is 0 Å². The van der Waals surface area contributed by atoms with Crippen molar-refractivity contribution >= 4 is 49.4 Å². The SMILES string of the molecule is c1ccc2c(c1)[nH]c1c2nc2c3ccccc3c3ccccc3n21. The van der Waals surface area contributed by atoms with Crippen LogP contribution in [0, 0.1) is 0 Å². The van der Waals surface area contributed by atoms with Crippen molar-refractivity contribution in [3.63, 3.8) is 0 Å². The fourth-order valence-corrected chi connectivity index (χ4v) is 3.87. The highest BCUT2D eigenvalue weighted by molar-refractivity contribution is 6.16. The standard InChI is InChI=1S/C21H13N3/c1-2-9-15-13(7-1)14-8-4-6-12-18(14)24-20(15)23-19-16-10-3-5-11-17(16)22-21(19)24/h1-12,22H. The van der Waals surface area contributed by atoms with Crippen LogP contribution in [0.4, 0.5) is 0 Å². The highest BCUT2D eigenvalue weighted by atomic mass is 15.1. The van der Waals surface area contributed by atoms with Gasteiger partial charge < -0.3 is 4.98 Å². The number of hydrogen-bond acceptors (Lipinski definition) is 1. The molecule has 3 heteroatoms. The van der Waals surface area contributed by atoms with Crippen molar-refractivity contribution < 1.29 is 0 Å². The summed E-state index contributed by atoms with van der Waals surface area (Å²) in [6.07, 6.45) is 0. The first-order valence-corrected chi connectivity index (χ1v) is 8.10. The van der Waals surface area contributed by atoms with Crippen molar-refractivity contribution in [3.05, 3.63) is 72.8 Å². The minimum Gasteiger partial charge on any atom is -0.339 e. The quantitative estimate of drug-likeness (QED) is 0.381. The number of aromatic nitrogens is 3. The van der Waals surface area contributed by atoms with Crippen molar-refractivity contribution in [2.24, 2.45) is 0 Å². The Kier molecular flexibility index (Phi) is 2.10. The molecule has 0 unspecified atom stereocenters. The van der Waals surface area contributed by atoms with Gasteiger partial charge in [-0.3, -0.25) is 4.40 Å². The minimum atomic E-state index is 1.01. The molecule has 0 saturated carbocycles. The fourth-order valence-electron chi connectivity index (χ4n) is 3.87. The molecule has 0 amide bonds. The molecule has 3 aromatic carbocycles. The summed E-state index contributed by atoms with van der Waals surface area (Å²) in [6.45, 7) is 0. The maximum atomic E-state index is 5.01. The topological polar surface area (TPSA) is 33.1 Å². The van der Waals surface area contributed by atoms with Gasteiger partial charge in [-0.1, -0.05) is 60.7 Å². The Labute approximate surface area is 137 Å². The second-order valence-corrected chi connectivity index (χ2v) is 6.20. The number of benzene rings is 3. The number of pyridine rings is 1. The molecule has 0 saturated heterocycles. The Bertz CT molecular complexity index is 1400. The van der Waals surface area contributed by atoms with Crippen LogP contribution in [0.5, 0.6) is 0 Å². The molecule has 6 aromatic rings. The minimum absolute atomic E-state index is 1.01. The van der Waals surface area contributed by atoms with E-state index in [-0.39, 0.29) is 0 Å². The first-order valence-electron chi connectivity index (χ1n) is 8.10. The summed E-state index contributed by atoms with van der Waals surface area (Å²) in [5.41, 5.74) is 5.42. The first kappa shape index (κ1) is 12.1. The lowest BCUT2D eigenvalue weighted by molar-refractivity contribution is 1.27. The van der Waals surface area contributed by atoms with Crippen LogP contribution in [0.2, 0.25) is 0 Å². The van der Waals surface area contributed by atoms with E-state index < -0.39 is 0 Å². The Morgan fingerprint density at radius 2 is 1.33 bits per heavy atom. The van der Waals surface area contributed by atoms with Crippen LogP contribution < -0.4 is 0 Å². The molecule has 0 spiro atoms. The average Bonchev–Trinajstić information content (AvgIpc) is 3.18. The molecule has 1 N–H and O–H groups in total. The molecule has 0 aliphatic rings. The van der Waals surface area contributed by atoms with Gasteiger partial charge in [0.2, 0.25) is 0 Å². The average molecular weight is 307 g/mol. The summed E-state index contributed by atoms with van der Waals surface area (Å²) in [7, 11) is 0. The number of aromatic amines is 1. The summed E-state index contributed by atoms with van der Waals surface area (Å²) in [6, 6.07) is 25.4. The summed E-state index contributed by atoms with van der Waals surface area (Å²) in [4.78, 5) is 8.57.